The van der Waals surface area contributed by atoms with Crippen LogP contribution in [-0.2, 0) is 9.53 Å². The molecule has 0 spiro atoms. The molecular weight excluding hydrogens is 472 g/mol. The van der Waals surface area contributed by atoms with Crippen LogP contribution in [0.15, 0.2) is 59.0 Å². The first kappa shape index (κ1) is 24.1. The van der Waals surface area contributed by atoms with Crippen molar-refractivity contribution in [3.63, 3.8) is 0 Å². The first-order valence-corrected chi connectivity index (χ1v) is 11.5. The fourth-order valence-corrected chi connectivity index (χ4v) is 4.45. The average molecular weight is 497 g/mol. The number of benzene rings is 2. The minimum Gasteiger partial charge on any atom is -0.507 e. The number of methoxy groups -OCH3 is 3. The maximum atomic E-state index is 13.1. The Bertz CT molecular complexity index is 1260. The molecule has 10 heteroatoms. The summed E-state index contributed by atoms with van der Waals surface area (Å²) in [6.07, 6.45) is 0.481. The van der Waals surface area contributed by atoms with Gasteiger partial charge in [-0.25, -0.2) is 9.80 Å². The summed E-state index contributed by atoms with van der Waals surface area (Å²) in [5.74, 6) is -0.145. The lowest BCUT2D eigenvalue weighted by Gasteiger charge is -2.22. The topological polar surface area (TPSA) is 107 Å². The number of hydrogen-bond donors (Lipinski definition) is 1. The van der Waals surface area contributed by atoms with Crippen LogP contribution in [-0.4, -0.2) is 55.6 Å². The molecule has 0 radical (unpaired) electrons. The van der Waals surface area contributed by atoms with Crippen molar-refractivity contribution in [3.8, 4) is 23.0 Å². The van der Waals surface area contributed by atoms with Gasteiger partial charge >= 0.3 is 5.97 Å². The van der Waals surface area contributed by atoms with Crippen molar-refractivity contribution in [1.82, 2.24) is 5.01 Å². The van der Waals surface area contributed by atoms with Crippen molar-refractivity contribution in [2.75, 3.05) is 27.9 Å². The molecule has 1 aliphatic rings. The number of rotatable bonds is 8. The number of esters is 1. The molecule has 0 fully saturated rings. The molecule has 2 aromatic carbocycles. The zero-order chi connectivity index (χ0) is 24.9. The van der Waals surface area contributed by atoms with E-state index in [1.165, 1.54) is 41.7 Å². The SMILES string of the molecule is COc1ccc(C(=O)OCC(=O)N2N=C(c3cccs3)CC2c2ccc(OC)c(OC)c2)c(O)c1. The van der Waals surface area contributed by atoms with Crippen molar-refractivity contribution in [2.24, 2.45) is 5.10 Å². The molecule has 1 aromatic heterocycles. The summed E-state index contributed by atoms with van der Waals surface area (Å²) in [5, 5.41) is 17.9. The fraction of sp³-hybridized carbons (Fsp3) is 0.240. The van der Waals surface area contributed by atoms with Crippen LogP contribution < -0.4 is 14.2 Å². The molecule has 4 rings (SSSR count). The van der Waals surface area contributed by atoms with Crippen LogP contribution in [0, 0.1) is 0 Å². The Labute approximate surface area is 206 Å². The largest absolute Gasteiger partial charge is 0.507 e. The highest BCUT2D eigenvalue weighted by Gasteiger charge is 2.34. The van der Waals surface area contributed by atoms with Crippen LogP contribution in [0.5, 0.6) is 23.0 Å². The molecule has 0 saturated carbocycles. The molecule has 182 valence electrons. The number of carbonyl (C=O) groups is 2. The Hall–Kier alpha value is -4.05. The summed E-state index contributed by atoms with van der Waals surface area (Å²) in [7, 11) is 4.54. The van der Waals surface area contributed by atoms with Crippen LogP contribution in [0.2, 0.25) is 0 Å². The lowest BCUT2D eigenvalue weighted by atomic mass is 10.0. The van der Waals surface area contributed by atoms with Gasteiger partial charge in [0.15, 0.2) is 18.1 Å². The molecule has 0 bridgehead atoms. The van der Waals surface area contributed by atoms with Gasteiger partial charge in [0.25, 0.3) is 5.91 Å². The van der Waals surface area contributed by atoms with E-state index in [4.69, 9.17) is 18.9 Å². The maximum Gasteiger partial charge on any atom is 0.342 e. The monoisotopic (exact) mass is 496 g/mol. The van der Waals surface area contributed by atoms with Gasteiger partial charge in [0, 0.05) is 12.5 Å². The van der Waals surface area contributed by atoms with Gasteiger partial charge in [-0.3, -0.25) is 4.79 Å². The number of phenolic OH excluding ortho intramolecular Hbond substituents is 1. The summed E-state index contributed by atoms with van der Waals surface area (Å²) >= 11 is 1.53. The smallest absolute Gasteiger partial charge is 0.342 e. The molecule has 35 heavy (non-hydrogen) atoms. The minimum absolute atomic E-state index is 0.0701. The molecule has 1 atom stereocenters. The molecule has 1 unspecified atom stereocenters. The lowest BCUT2D eigenvalue weighted by Crippen LogP contribution is -2.31. The number of aromatic hydroxyl groups is 1. The number of hydrazone groups is 1. The molecule has 1 aliphatic heterocycles. The summed E-state index contributed by atoms with van der Waals surface area (Å²) in [6, 6.07) is 13.0. The van der Waals surface area contributed by atoms with Gasteiger partial charge < -0.3 is 24.1 Å². The van der Waals surface area contributed by atoms with Crippen molar-refractivity contribution in [3.05, 3.63) is 69.9 Å². The zero-order valence-corrected chi connectivity index (χ0v) is 20.2. The summed E-state index contributed by atoms with van der Waals surface area (Å²) in [5.41, 5.74) is 1.48. The Morgan fingerprint density at radius 2 is 1.86 bits per heavy atom. The molecule has 1 amide bonds. The second-order valence-corrected chi connectivity index (χ2v) is 8.50. The van der Waals surface area contributed by atoms with Gasteiger partial charge in [0.1, 0.15) is 17.1 Å². The third-order valence-corrected chi connectivity index (χ3v) is 6.43. The third-order valence-electron chi connectivity index (χ3n) is 5.52. The Morgan fingerprint density at radius 1 is 1.06 bits per heavy atom. The first-order valence-electron chi connectivity index (χ1n) is 10.6. The fourth-order valence-electron chi connectivity index (χ4n) is 3.73. The second kappa shape index (κ2) is 10.5. The highest BCUT2D eigenvalue weighted by atomic mass is 32.1. The number of thiophene rings is 1. The van der Waals surface area contributed by atoms with E-state index in [0.717, 1.165) is 16.2 Å². The van der Waals surface area contributed by atoms with E-state index >= 15 is 0 Å². The standard InChI is InChI=1S/C25H24N2O7S/c1-31-16-7-8-17(20(28)12-16)25(30)34-14-24(29)27-19(13-18(26-27)23-5-4-10-35-23)15-6-9-21(32-2)22(11-15)33-3/h4-12,19,28H,13-14H2,1-3H3. The van der Waals surface area contributed by atoms with E-state index in [1.807, 2.05) is 23.6 Å². The van der Waals surface area contributed by atoms with Gasteiger partial charge in [-0.1, -0.05) is 12.1 Å². The summed E-state index contributed by atoms with van der Waals surface area (Å²) in [4.78, 5) is 26.6. The van der Waals surface area contributed by atoms with Gasteiger partial charge in [-0.2, -0.15) is 5.10 Å². The second-order valence-electron chi connectivity index (χ2n) is 7.56. The average Bonchev–Trinajstić information content (AvgIpc) is 3.57. The molecule has 0 aliphatic carbocycles. The number of amides is 1. The number of nitrogens with zero attached hydrogens (tertiary/aromatic N) is 2. The van der Waals surface area contributed by atoms with Crippen molar-refractivity contribution >= 4 is 28.9 Å². The lowest BCUT2D eigenvalue weighted by molar-refractivity contribution is -0.136. The molecule has 9 nitrogen and oxygen atoms in total. The van der Waals surface area contributed by atoms with E-state index in [1.54, 1.807) is 26.4 Å². The first-order chi connectivity index (χ1) is 16.9. The van der Waals surface area contributed by atoms with E-state index in [-0.39, 0.29) is 11.3 Å². The summed E-state index contributed by atoms with van der Waals surface area (Å²) in [6.45, 7) is -0.546. The van der Waals surface area contributed by atoms with E-state index < -0.39 is 24.5 Å². The minimum atomic E-state index is -0.831. The highest BCUT2D eigenvalue weighted by molar-refractivity contribution is 7.12. The van der Waals surface area contributed by atoms with Gasteiger partial charge in [-0.15, -0.1) is 11.3 Å². The number of carbonyl (C=O) groups excluding carboxylic acids is 2. The normalized spacial score (nSPS) is 14.9. The van der Waals surface area contributed by atoms with Crippen molar-refractivity contribution in [2.45, 2.75) is 12.5 Å². The van der Waals surface area contributed by atoms with Crippen molar-refractivity contribution in [1.29, 1.82) is 0 Å². The number of ether oxygens (including phenoxy) is 4. The Morgan fingerprint density at radius 3 is 2.51 bits per heavy atom. The predicted octanol–water partition coefficient (Wildman–Crippen LogP) is 4.01. The Balaban J connectivity index is 1.55. The maximum absolute atomic E-state index is 13.1. The van der Waals surface area contributed by atoms with Gasteiger partial charge in [-0.05, 0) is 41.3 Å². The molecule has 1 N–H and O–H groups in total. The van der Waals surface area contributed by atoms with Crippen LogP contribution in [0.25, 0.3) is 0 Å². The quantitative estimate of drug-likeness (QED) is 0.470. The molecule has 3 aromatic rings. The van der Waals surface area contributed by atoms with Gasteiger partial charge in [0.05, 0.1) is 38.0 Å². The van der Waals surface area contributed by atoms with Crippen LogP contribution in [0.4, 0.5) is 0 Å². The molecule has 2 heterocycles. The number of hydrogen-bond acceptors (Lipinski definition) is 9. The van der Waals surface area contributed by atoms with E-state index in [0.29, 0.717) is 23.7 Å². The molecule has 0 saturated heterocycles. The van der Waals surface area contributed by atoms with Crippen LogP contribution >= 0.6 is 11.3 Å². The van der Waals surface area contributed by atoms with Crippen LogP contribution in [0.3, 0.4) is 0 Å². The van der Waals surface area contributed by atoms with Gasteiger partial charge in [0.2, 0.25) is 0 Å². The van der Waals surface area contributed by atoms with Crippen LogP contribution in [0.1, 0.15) is 33.3 Å². The van der Waals surface area contributed by atoms with E-state index in [2.05, 4.69) is 5.10 Å². The highest BCUT2D eigenvalue weighted by Crippen LogP contribution is 2.38. The summed E-state index contributed by atoms with van der Waals surface area (Å²) < 4.78 is 21.0. The number of phenols is 1. The Kier molecular flexibility index (Phi) is 7.21. The third kappa shape index (κ3) is 5.07. The molecular formula is C25H24N2O7S. The van der Waals surface area contributed by atoms with Crippen molar-refractivity contribution < 1.29 is 33.6 Å². The predicted molar refractivity (Wildman–Crippen MR) is 130 cm³/mol. The van der Waals surface area contributed by atoms with E-state index in [9.17, 15) is 14.7 Å². The zero-order valence-electron chi connectivity index (χ0n) is 19.4.